The van der Waals surface area contributed by atoms with Gasteiger partial charge in [0.05, 0.1) is 24.0 Å². The number of nitrogens with one attached hydrogen (secondary N) is 1. The average molecular weight is 708 g/mol. The Morgan fingerprint density at radius 1 is 1.10 bits per heavy atom. The Bertz CT molecular complexity index is 1410. The minimum atomic E-state index is -1.17. The van der Waals surface area contributed by atoms with Gasteiger partial charge >= 0.3 is 5.97 Å². The zero-order valence-electron chi connectivity index (χ0n) is 31.7. The van der Waals surface area contributed by atoms with E-state index in [-0.39, 0.29) is 36.2 Å². The first-order valence-electron chi connectivity index (χ1n) is 18.8. The van der Waals surface area contributed by atoms with Gasteiger partial charge < -0.3 is 29.7 Å². The number of rotatable bonds is 19. The van der Waals surface area contributed by atoms with Crippen molar-refractivity contribution in [3.05, 3.63) is 61.2 Å². The number of aliphatic hydroxyl groups excluding tert-OH is 1. The van der Waals surface area contributed by atoms with Gasteiger partial charge in [-0.2, -0.15) is 0 Å². The summed E-state index contributed by atoms with van der Waals surface area (Å²) in [5.41, 5.74) is -1.08. The van der Waals surface area contributed by atoms with E-state index in [1.165, 1.54) is 0 Å². The van der Waals surface area contributed by atoms with Crippen LogP contribution in [0.5, 0.6) is 0 Å². The number of esters is 1. The van der Waals surface area contributed by atoms with Gasteiger partial charge in [-0.05, 0) is 70.3 Å². The van der Waals surface area contributed by atoms with Gasteiger partial charge in [0.15, 0.2) is 0 Å². The van der Waals surface area contributed by atoms with Crippen molar-refractivity contribution in [1.82, 2.24) is 15.1 Å². The summed E-state index contributed by atoms with van der Waals surface area (Å²) in [4.78, 5) is 60.3. The third kappa shape index (κ3) is 8.94. The van der Waals surface area contributed by atoms with Crippen LogP contribution in [0.4, 0.5) is 0 Å². The molecule has 0 radical (unpaired) electrons. The lowest BCUT2D eigenvalue weighted by molar-refractivity contribution is -0.162. The van der Waals surface area contributed by atoms with Crippen LogP contribution in [-0.2, 0) is 28.7 Å². The van der Waals surface area contributed by atoms with Crippen LogP contribution >= 0.6 is 0 Å². The van der Waals surface area contributed by atoms with Crippen LogP contribution in [0.3, 0.4) is 0 Å². The Balaban J connectivity index is 1.69. The van der Waals surface area contributed by atoms with Crippen LogP contribution in [0.2, 0.25) is 0 Å². The Morgan fingerprint density at radius 3 is 2.41 bits per heavy atom. The molecule has 0 saturated carbocycles. The molecule has 51 heavy (non-hydrogen) atoms. The van der Waals surface area contributed by atoms with Crippen molar-refractivity contribution in [2.24, 2.45) is 17.3 Å². The Kier molecular flexibility index (Phi) is 13.3. The highest BCUT2D eigenvalue weighted by atomic mass is 16.6. The predicted molar refractivity (Wildman–Crippen MR) is 197 cm³/mol. The number of amides is 3. The quantitative estimate of drug-likeness (QED) is 0.104. The molecular formula is C41H61N3O7. The molecule has 3 saturated heterocycles. The molecule has 10 nitrogen and oxygen atoms in total. The summed E-state index contributed by atoms with van der Waals surface area (Å²) in [5.74, 6) is -2.96. The lowest BCUT2D eigenvalue weighted by Crippen LogP contribution is -2.61. The molecule has 0 aliphatic carbocycles. The maximum Gasteiger partial charge on any atom is 0.313 e. The van der Waals surface area contributed by atoms with Crippen molar-refractivity contribution in [1.29, 1.82) is 0 Å². The minimum Gasteiger partial charge on any atom is -0.455 e. The second-order valence-corrected chi connectivity index (χ2v) is 16.5. The molecule has 2 N–H and O–H groups in total. The molecule has 0 aromatic heterocycles. The highest BCUT2D eigenvalue weighted by molar-refractivity contribution is 5.98. The van der Waals surface area contributed by atoms with Gasteiger partial charge in [0.1, 0.15) is 17.7 Å². The molecule has 3 amide bonds. The Labute approximate surface area is 305 Å². The first kappa shape index (κ1) is 40.3. The fraction of sp³-hybridized carbons (Fsp3) is 0.659. The number of aliphatic hydroxyl groups is 1. The van der Waals surface area contributed by atoms with Crippen molar-refractivity contribution in [3.8, 4) is 0 Å². The number of allylic oxidation sites excluding steroid dienone is 1. The Hall–Kier alpha value is -3.50. The molecule has 2 bridgehead atoms. The van der Waals surface area contributed by atoms with Gasteiger partial charge in [0, 0.05) is 31.7 Å². The highest BCUT2D eigenvalue weighted by Crippen LogP contribution is 2.59. The van der Waals surface area contributed by atoms with Gasteiger partial charge in [-0.25, -0.2) is 0 Å². The number of likely N-dealkylation sites (tertiary alicyclic amines) is 1. The standard InChI is InChI=1S/C41H61N3O7/c1-9-11-21-31(46)42-28(3)34(29-19-15-14-16-20-29)50-38(49)32-30-22-23-41(51-30)33(32)36(47)43(25-17-12-13-18-26-45)35(41)37(48)44(24-10-2)40(7,8)27-39(4,5)6/h9-10,14-16,19-20,28,30,32-35,45H,1-2,11-13,17-18,21-27H2,3-8H3,(H,42,46)/t28-,30-,32+,33+,34-,35-,41+/m0/s1. The molecule has 3 fully saturated rings. The molecule has 7 atom stereocenters. The summed E-state index contributed by atoms with van der Waals surface area (Å²) >= 11 is 0. The number of unbranched alkanes of at least 4 members (excludes halogenated alkanes) is 3. The van der Waals surface area contributed by atoms with E-state index < -0.39 is 53.2 Å². The molecule has 1 aromatic rings. The van der Waals surface area contributed by atoms with E-state index in [4.69, 9.17) is 9.47 Å². The van der Waals surface area contributed by atoms with Crippen LogP contribution < -0.4 is 5.32 Å². The smallest absolute Gasteiger partial charge is 0.313 e. The average Bonchev–Trinajstić information content (AvgIpc) is 3.71. The van der Waals surface area contributed by atoms with Gasteiger partial charge in [0.2, 0.25) is 17.7 Å². The normalized spacial score (nSPS) is 25.2. The van der Waals surface area contributed by atoms with E-state index in [0.717, 1.165) is 24.8 Å². The summed E-state index contributed by atoms with van der Waals surface area (Å²) in [6.07, 6.45) is 7.47. The monoisotopic (exact) mass is 707 g/mol. The minimum absolute atomic E-state index is 0.0728. The molecule has 10 heteroatoms. The molecule has 4 rings (SSSR count). The fourth-order valence-electron chi connectivity index (χ4n) is 8.93. The molecule has 3 aliphatic heterocycles. The van der Waals surface area contributed by atoms with Crippen LogP contribution in [0.1, 0.15) is 111 Å². The number of hydrogen-bond donors (Lipinski definition) is 2. The number of fused-ring (bicyclic) bond motifs is 1. The fourth-order valence-corrected chi connectivity index (χ4v) is 8.93. The summed E-state index contributed by atoms with van der Waals surface area (Å²) < 4.78 is 13.0. The molecule has 3 aliphatic rings. The van der Waals surface area contributed by atoms with Gasteiger partial charge in [-0.15, -0.1) is 13.2 Å². The molecule has 1 spiro atoms. The van der Waals surface area contributed by atoms with E-state index in [1.54, 1.807) is 24.0 Å². The lowest BCUT2D eigenvalue weighted by atomic mass is 9.70. The van der Waals surface area contributed by atoms with Crippen LogP contribution in [0, 0.1) is 17.3 Å². The topological polar surface area (TPSA) is 125 Å². The zero-order chi connectivity index (χ0) is 37.6. The van der Waals surface area contributed by atoms with Crippen LogP contribution in [-0.4, -0.2) is 87.6 Å². The van der Waals surface area contributed by atoms with Crippen LogP contribution in [0.15, 0.2) is 55.6 Å². The number of benzene rings is 1. The number of ether oxygens (including phenoxy) is 2. The third-order valence-electron chi connectivity index (χ3n) is 10.7. The predicted octanol–water partition coefficient (Wildman–Crippen LogP) is 5.90. The first-order valence-corrected chi connectivity index (χ1v) is 18.8. The van der Waals surface area contributed by atoms with Crippen molar-refractivity contribution in [2.45, 2.75) is 135 Å². The SMILES string of the molecule is C=CCCC(=O)N[C@@H](C)[C@H](OC(=O)[C@@H]1[C@@H]2CC[C@]3(O2)[C@H](C(=O)N(CC=C)C(C)(C)CC(C)(C)C)N(CCCCCCO)C(=O)[C@@H]13)c1ccccc1. The summed E-state index contributed by atoms with van der Waals surface area (Å²) in [7, 11) is 0. The van der Waals surface area contributed by atoms with Gasteiger partial charge in [0.25, 0.3) is 0 Å². The maximum atomic E-state index is 15.0. The second-order valence-electron chi connectivity index (χ2n) is 16.5. The van der Waals surface area contributed by atoms with E-state index in [9.17, 15) is 24.3 Å². The molecular weight excluding hydrogens is 646 g/mol. The number of carbonyl (C=O) groups excluding carboxylic acids is 4. The largest absolute Gasteiger partial charge is 0.455 e. The summed E-state index contributed by atoms with van der Waals surface area (Å²) in [5, 5.41) is 12.3. The number of nitrogens with zero attached hydrogens (tertiary/aromatic N) is 2. The van der Waals surface area contributed by atoms with Gasteiger partial charge in [-0.3, -0.25) is 19.2 Å². The zero-order valence-corrected chi connectivity index (χ0v) is 31.7. The van der Waals surface area contributed by atoms with E-state index >= 15 is 0 Å². The van der Waals surface area contributed by atoms with Crippen LogP contribution in [0.25, 0.3) is 0 Å². The van der Waals surface area contributed by atoms with Crippen molar-refractivity contribution in [3.63, 3.8) is 0 Å². The molecule has 3 heterocycles. The second kappa shape index (κ2) is 16.9. The number of carbonyl (C=O) groups is 4. The molecule has 282 valence electrons. The highest BCUT2D eigenvalue weighted by Gasteiger charge is 2.75. The van der Waals surface area contributed by atoms with E-state index in [0.29, 0.717) is 45.2 Å². The molecule has 1 aromatic carbocycles. The van der Waals surface area contributed by atoms with Gasteiger partial charge in [-0.1, -0.05) is 76.1 Å². The van der Waals surface area contributed by atoms with E-state index in [1.807, 2.05) is 35.2 Å². The molecule has 0 unspecified atom stereocenters. The van der Waals surface area contributed by atoms with Crippen molar-refractivity contribution < 1.29 is 33.8 Å². The first-order chi connectivity index (χ1) is 24.1. The van der Waals surface area contributed by atoms with Crippen molar-refractivity contribution >= 4 is 23.7 Å². The Morgan fingerprint density at radius 2 is 1.78 bits per heavy atom. The third-order valence-corrected chi connectivity index (χ3v) is 10.7. The summed E-state index contributed by atoms with van der Waals surface area (Å²) in [6, 6.07) is 7.82. The maximum absolute atomic E-state index is 15.0. The lowest BCUT2D eigenvalue weighted by Gasteiger charge is -2.45. The van der Waals surface area contributed by atoms with E-state index in [2.05, 4.69) is 53.1 Å². The number of hydrogen-bond acceptors (Lipinski definition) is 7. The van der Waals surface area contributed by atoms with Crippen molar-refractivity contribution in [2.75, 3.05) is 19.7 Å². The summed E-state index contributed by atoms with van der Waals surface area (Å²) in [6.45, 7) is 20.8.